The Bertz CT molecular complexity index is 671. The lowest BCUT2D eigenvalue weighted by molar-refractivity contribution is 0.659. The molecule has 2 aromatic heterocycles. The predicted octanol–water partition coefficient (Wildman–Crippen LogP) is 3.02. The molecule has 0 bridgehead atoms. The van der Waals surface area contributed by atoms with E-state index in [4.69, 9.17) is 5.73 Å². The maximum atomic E-state index is 5.92. The van der Waals surface area contributed by atoms with Crippen LogP contribution in [-0.2, 0) is 19.4 Å². The molecule has 0 radical (unpaired) electrons. The van der Waals surface area contributed by atoms with Crippen LogP contribution in [0.25, 0.3) is 0 Å². The highest BCUT2D eigenvalue weighted by molar-refractivity contribution is 9.10. The fourth-order valence-corrected chi connectivity index (χ4v) is 3.05. The van der Waals surface area contributed by atoms with Gasteiger partial charge in [0.15, 0.2) is 0 Å². The fourth-order valence-electron chi connectivity index (χ4n) is 2.68. The second-order valence-corrected chi connectivity index (χ2v) is 6.22. The van der Waals surface area contributed by atoms with Crippen molar-refractivity contribution in [2.45, 2.75) is 39.2 Å². The molecule has 3 N–H and O–H groups in total. The lowest BCUT2D eigenvalue weighted by Gasteiger charge is -2.19. The van der Waals surface area contributed by atoms with Gasteiger partial charge >= 0.3 is 0 Å². The number of hydrogen-bond acceptors (Lipinski definition) is 5. The summed E-state index contributed by atoms with van der Waals surface area (Å²) in [5, 5.41) is 3.41. The van der Waals surface area contributed by atoms with Gasteiger partial charge in [0.25, 0.3) is 0 Å². The molecule has 6 heteroatoms. The number of rotatable bonds is 3. The SMILES string of the molecule is Cc1nc2c(c(NCc3cc(Br)cnc3N)n1)CCCC2. The number of hydrogen-bond donors (Lipinski definition) is 2. The summed E-state index contributed by atoms with van der Waals surface area (Å²) in [7, 11) is 0. The molecule has 0 atom stereocenters. The summed E-state index contributed by atoms with van der Waals surface area (Å²) in [5.41, 5.74) is 9.33. The third-order valence-corrected chi connectivity index (χ3v) is 4.14. The van der Waals surface area contributed by atoms with E-state index in [1.54, 1.807) is 6.20 Å². The number of halogens is 1. The quantitative estimate of drug-likeness (QED) is 0.892. The molecule has 0 aliphatic heterocycles. The largest absolute Gasteiger partial charge is 0.383 e. The molecule has 2 heterocycles. The average Bonchev–Trinajstić information content (AvgIpc) is 2.47. The molecule has 2 aromatic rings. The first kappa shape index (κ1) is 14.3. The van der Waals surface area contributed by atoms with Crippen molar-refractivity contribution in [3.63, 3.8) is 0 Å². The Hall–Kier alpha value is -1.69. The smallest absolute Gasteiger partial charge is 0.133 e. The van der Waals surface area contributed by atoms with Gasteiger partial charge in [0.05, 0.1) is 0 Å². The summed E-state index contributed by atoms with van der Waals surface area (Å²) in [4.78, 5) is 13.3. The van der Waals surface area contributed by atoms with Crippen molar-refractivity contribution in [2.24, 2.45) is 0 Å². The van der Waals surface area contributed by atoms with Crippen LogP contribution in [0.5, 0.6) is 0 Å². The molecule has 0 amide bonds. The Morgan fingerprint density at radius 1 is 1.29 bits per heavy atom. The summed E-state index contributed by atoms with van der Waals surface area (Å²) in [6.45, 7) is 2.55. The molecule has 1 aliphatic carbocycles. The number of anilines is 2. The molecule has 5 nitrogen and oxygen atoms in total. The van der Waals surface area contributed by atoms with Crippen LogP contribution in [0, 0.1) is 6.92 Å². The zero-order valence-electron chi connectivity index (χ0n) is 12.0. The van der Waals surface area contributed by atoms with Gasteiger partial charge < -0.3 is 11.1 Å². The van der Waals surface area contributed by atoms with Crippen molar-refractivity contribution in [1.82, 2.24) is 15.0 Å². The Morgan fingerprint density at radius 2 is 2.10 bits per heavy atom. The van der Waals surface area contributed by atoms with E-state index in [0.29, 0.717) is 12.4 Å². The Kier molecular flexibility index (Phi) is 4.05. The molecule has 0 fully saturated rings. The van der Waals surface area contributed by atoms with Gasteiger partial charge in [-0.2, -0.15) is 0 Å². The second-order valence-electron chi connectivity index (χ2n) is 5.30. The Morgan fingerprint density at radius 3 is 2.95 bits per heavy atom. The maximum Gasteiger partial charge on any atom is 0.133 e. The van der Waals surface area contributed by atoms with Crippen LogP contribution < -0.4 is 11.1 Å². The van der Waals surface area contributed by atoms with E-state index in [9.17, 15) is 0 Å². The molecule has 0 saturated carbocycles. The van der Waals surface area contributed by atoms with Gasteiger partial charge in [0.1, 0.15) is 17.5 Å². The minimum absolute atomic E-state index is 0.547. The molecular weight excluding hydrogens is 330 g/mol. The number of aromatic nitrogens is 3. The lowest BCUT2D eigenvalue weighted by atomic mass is 9.96. The summed E-state index contributed by atoms with van der Waals surface area (Å²) in [5.74, 6) is 2.31. The van der Waals surface area contributed by atoms with Gasteiger partial charge in [0, 0.05) is 34.0 Å². The van der Waals surface area contributed by atoms with Gasteiger partial charge in [0.2, 0.25) is 0 Å². The first-order chi connectivity index (χ1) is 10.1. The highest BCUT2D eigenvalue weighted by Crippen LogP contribution is 2.26. The number of aryl methyl sites for hydroxylation is 2. The number of pyridine rings is 1. The van der Waals surface area contributed by atoms with E-state index in [0.717, 1.165) is 34.5 Å². The molecule has 0 spiro atoms. The van der Waals surface area contributed by atoms with Crippen LogP contribution in [0.4, 0.5) is 11.6 Å². The average molecular weight is 348 g/mol. The molecular formula is C15H18BrN5. The van der Waals surface area contributed by atoms with Crippen molar-refractivity contribution >= 4 is 27.6 Å². The molecule has 1 aliphatic rings. The van der Waals surface area contributed by atoms with Crippen molar-refractivity contribution in [3.8, 4) is 0 Å². The molecule has 3 rings (SSSR count). The number of nitrogens with two attached hydrogens (primary N) is 1. The molecule has 0 saturated heterocycles. The molecule has 0 unspecified atom stereocenters. The standard InChI is InChI=1S/C15H18BrN5/c1-9-20-13-5-3-2-4-12(13)15(21-9)19-7-10-6-11(16)8-18-14(10)17/h6,8H,2-5,7H2,1H3,(H2,17,18)(H,19,20,21). The van der Waals surface area contributed by atoms with Gasteiger partial charge in [-0.1, -0.05) is 0 Å². The Balaban J connectivity index is 1.85. The summed E-state index contributed by atoms with van der Waals surface area (Å²) in [6.07, 6.45) is 6.22. The Labute approximate surface area is 132 Å². The van der Waals surface area contributed by atoms with E-state index >= 15 is 0 Å². The van der Waals surface area contributed by atoms with E-state index in [-0.39, 0.29) is 0 Å². The monoisotopic (exact) mass is 347 g/mol. The number of nitrogens with one attached hydrogen (secondary N) is 1. The summed E-state index contributed by atoms with van der Waals surface area (Å²) >= 11 is 3.42. The molecule has 21 heavy (non-hydrogen) atoms. The fraction of sp³-hybridized carbons (Fsp3) is 0.400. The lowest BCUT2D eigenvalue weighted by Crippen LogP contribution is -2.14. The number of nitrogens with zero attached hydrogens (tertiary/aromatic N) is 3. The van der Waals surface area contributed by atoms with Crippen molar-refractivity contribution in [3.05, 3.63) is 39.4 Å². The van der Waals surface area contributed by atoms with Crippen molar-refractivity contribution in [1.29, 1.82) is 0 Å². The van der Waals surface area contributed by atoms with E-state index in [1.807, 2.05) is 13.0 Å². The second kappa shape index (κ2) is 5.97. The topological polar surface area (TPSA) is 76.7 Å². The number of nitrogen functional groups attached to an aromatic ring is 1. The van der Waals surface area contributed by atoms with E-state index in [1.165, 1.54) is 24.1 Å². The maximum absolute atomic E-state index is 5.92. The molecule has 110 valence electrons. The normalized spacial score (nSPS) is 13.8. The number of fused-ring (bicyclic) bond motifs is 1. The van der Waals surface area contributed by atoms with Gasteiger partial charge in [-0.3, -0.25) is 0 Å². The van der Waals surface area contributed by atoms with Crippen LogP contribution in [0.3, 0.4) is 0 Å². The first-order valence-corrected chi connectivity index (χ1v) is 7.93. The third kappa shape index (κ3) is 3.15. The van der Waals surface area contributed by atoms with E-state index < -0.39 is 0 Å². The zero-order valence-corrected chi connectivity index (χ0v) is 13.6. The van der Waals surface area contributed by atoms with Gasteiger partial charge in [-0.15, -0.1) is 0 Å². The molecule has 0 aromatic carbocycles. The van der Waals surface area contributed by atoms with Crippen LogP contribution >= 0.6 is 15.9 Å². The minimum Gasteiger partial charge on any atom is -0.383 e. The van der Waals surface area contributed by atoms with Gasteiger partial charge in [-0.25, -0.2) is 15.0 Å². The highest BCUT2D eigenvalue weighted by Gasteiger charge is 2.16. The van der Waals surface area contributed by atoms with Crippen LogP contribution in [0.1, 0.15) is 35.5 Å². The van der Waals surface area contributed by atoms with Gasteiger partial charge in [-0.05, 0) is 54.6 Å². The summed E-state index contributed by atoms with van der Waals surface area (Å²) in [6, 6.07) is 1.98. The summed E-state index contributed by atoms with van der Waals surface area (Å²) < 4.78 is 0.925. The van der Waals surface area contributed by atoms with Crippen molar-refractivity contribution < 1.29 is 0 Å². The van der Waals surface area contributed by atoms with E-state index in [2.05, 4.69) is 36.2 Å². The zero-order chi connectivity index (χ0) is 14.8. The van der Waals surface area contributed by atoms with Crippen molar-refractivity contribution in [2.75, 3.05) is 11.1 Å². The van der Waals surface area contributed by atoms with Crippen LogP contribution in [-0.4, -0.2) is 15.0 Å². The third-order valence-electron chi connectivity index (χ3n) is 3.71. The first-order valence-electron chi connectivity index (χ1n) is 7.13. The predicted molar refractivity (Wildman–Crippen MR) is 87.1 cm³/mol. The van der Waals surface area contributed by atoms with Crippen LogP contribution in [0.15, 0.2) is 16.7 Å². The van der Waals surface area contributed by atoms with Crippen LogP contribution in [0.2, 0.25) is 0 Å². The minimum atomic E-state index is 0.547. The highest BCUT2D eigenvalue weighted by atomic mass is 79.9.